The summed E-state index contributed by atoms with van der Waals surface area (Å²) in [6.07, 6.45) is 0.590. The minimum Gasteiger partial charge on any atom is -0.360 e. The van der Waals surface area contributed by atoms with Crippen molar-refractivity contribution in [3.8, 4) is 11.3 Å². The maximum atomic E-state index is 10.9. The van der Waals surface area contributed by atoms with Gasteiger partial charge in [0.15, 0.2) is 0 Å². The molecular weight excluding hydrogens is 290 g/mol. The van der Waals surface area contributed by atoms with Crippen molar-refractivity contribution in [2.45, 2.75) is 13.3 Å². The number of primary amides is 1. The van der Waals surface area contributed by atoms with Gasteiger partial charge in [0.05, 0.1) is 0 Å². The van der Waals surface area contributed by atoms with Crippen molar-refractivity contribution in [2.24, 2.45) is 5.73 Å². The number of carbonyl (C=O) groups excluding carboxylic acids is 1. The fourth-order valence-electron chi connectivity index (χ4n) is 2.36. The first-order chi connectivity index (χ1) is 11.1. The highest BCUT2D eigenvalue weighted by atomic mass is 16.5. The molecule has 2 amide bonds. The highest BCUT2D eigenvalue weighted by Gasteiger charge is 2.08. The number of aromatic nitrogens is 1. The van der Waals surface area contributed by atoms with Gasteiger partial charge in [-0.1, -0.05) is 47.1 Å². The van der Waals surface area contributed by atoms with Crippen molar-refractivity contribution < 1.29 is 9.32 Å². The molecule has 0 saturated heterocycles. The Morgan fingerprint density at radius 1 is 1.17 bits per heavy atom. The molecule has 5 nitrogen and oxygen atoms in total. The summed E-state index contributed by atoms with van der Waals surface area (Å²) in [7, 11) is 0. The van der Waals surface area contributed by atoms with E-state index in [1.54, 1.807) is 6.07 Å². The molecule has 23 heavy (non-hydrogen) atoms. The second-order valence-corrected chi connectivity index (χ2v) is 5.41. The summed E-state index contributed by atoms with van der Waals surface area (Å²) in [6.45, 7) is 2.05. The Morgan fingerprint density at radius 2 is 1.96 bits per heavy atom. The van der Waals surface area contributed by atoms with Gasteiger partial charge in [0, 0.05) is 23.7 Å². The molecule has 0 fully saturated rings. The first-order valence-corrected chi connectivity index (χ1v) is 7.28. The van der Waals surface area contributed by atoms with Crippen molar-refractivity contribution >= 4 is 11.7 Å². The molecule has 2 aromatic carbocycles. The quantitative estimate of drug-likeness (QED) is 0.770. The van der Waals surface area contributed by atoms with Crippen LogP contribution in [0.5, 0.6) is 0 Å². The van der Waals surface area contributed by atoms with Crippen LogP contribution in [0.4, 0.5) is 10.5 Å². The standard InChI is InChI=1S/C18H17N3O2/c1-12-5-7-14(8-6-12)17-11-16(23-21-17)10-13-3-2-4-15(9-13)20-18(19)22/h2-9,11H,10H2,1H3,(H3,19,20,22). The lowest BCUT2D eigenvalue weighted by molar-refractivity contribution is 0.259. The van der Waals surface area contributed by atoms with Crippen LogP contribution in [0.3, 0.4) is 0 Å². The number of nitrogens with zero attached hydrogens (tertiary/aromatic N) is 1. The molecule has 3 rings (SSSR count). The van der Waals surface area contributed by atoms with Gasteiger partial charge in [0.25, 0.3) is 0 Å². The number of carbonyl (C=O) groups is 1. The third-order valence-electron chi connectivity index (χ3n) is 3.48. The minimum atomic E-state index is -0.580. The van der Waals surface area contributed by atoms with Gasteiger partial charge in [-0.15, -0.1) is 0 Å². The zero-order chi connectivity index (χ0) is 16.2. The number of benzene rings is 2. The molecule has 1 aromatic heterocycles. The first kappa shape index (κ1) is 14.8. The van der Waals surface area contributed by atoms with Crippen LogP contribution < -0.4 is 11.1 Å². The number of aryl methyl sites for hydroxylation is 1. The van der Waals surface area contributed by atoms with Crippen LogP contribution in [0.15, 0.2) is 59.1 Å². The number of hydrogen-bond acceptors (Lipinski definition) is 3. The Balaban J connectivity index is 1.76. The first-order valence-electron chi connectivity index (χ1n) is 7.28. The molecule has 0 spiro atoms. The van der Waals surface area contributed by atoms with Gasteiger partial charge in [0.2, 0.25) is 0 Å². The summed E-state index contributed by atoms with van der Waals surface area (Å²) in [5, 5.41) is 6.68. The highest BCUT2D eigenvalue weighted by molar-refractivity contribution is 5.87. The van der Waals surface area contributed by atoms with Crippen molar-refractivity contribution in [1.82, 2.24) is 5.16 Å². The van der Waals surface area contributed by atoms with Crippen LogP contribution in [0.2, 0.25) is 0 Å². The summed E-state index contributed by atoms with van der Waals surface area (Å²) >= 11 is 0. The average molecular weight is 307 g/mol. The molecule has 0 radical (unpaired) electrons. The van der Waals surface area contributed by atoms with Gasteiger partial charge < -0.3 is 15.6 Å². The van der Waals surface area contributed by atoms with Crippen LogP contribution in [-0.2, 0) is 6.42 Å². The Kier molecular flexibility index (Phi) is 4.10. The van der Waals surface area contributed by atoms with Crippen molar-refractivity contribution in [1.29, 1.82) is 0 Å². The van der Waals surface area contributed by atoms with Crippen molar-refractivity contribution in [3.63, 3.8) is 0 Å². The van der Waals surface area contributed by atoms with E-state index in [-0.39, 0.29) is 0 Å². The smallest absolute Gasteiger partial charge is 0.316 e. The zero-order valence-corrected chi connectivity index (χ0v) is 12.7. The van der Waals surface area contributed by atoms with Crippen LogP contribution in [0.25, 0.3) is 11.3 Å². The molecule has 0 aliphatic heterocycles. The normalized spacial score (nSPS) is 10.5. The molecule has 0 aliphatic rings. The number of hydrogen-bond donors (Lipinski definition) is 2. The van der Waals surface area contributed by atoms with Crippen LogP contribution in [0, 0.1) is 6.92 Å². The maximum absolute atomic E-state index is 10.9. The van der Waals surface area contributed by atoms with Gasteiger partial charge in [0.1, 0.15) is 11.5 Å². The second-order valence-electron chi connectivity index (χ2n) is 5.41. The molecule has 1 heterocycles. The molecule has 0 unspecified atom stereocenters. The molecule has 0 atom stereocenters. The zero-order valence-electron chi connectivity index (χ0n) is 12.7. The molecule has 5 heteroatoms. The number of nitrogens with two attached hydrogens (primary N) is 1. The van der Waals surface area contributed by atoms with E-state index in [0.29, 0.717) is 12.1 Å². The number of anilines is 1. The van der Waals surface area contributed by atoms with E-state index in [1.165, 1.54) is 5.56 Å². The number of rotatable bonds is 4. The Hall–Kier alpha value is -3.08. The van der Waals surface area contributed by atoms with Gasteiger partial charge in [-0.25, -0.2) is 4.79 Å². The fraction of sp³-hybridized carbons (Fsp3) is 0.111. The lowest BCUT2D eigenvalue weighted by atomic mass is 10.1. The fourth-order valence-corrected chi connectivity index (χ4v) is 2.36. The number of urea groups is 1. The molecule has 116 valence electrons. The van der Waals surface area contributed by atoms with Crippen LogP contribution in [-0.4, -0.2) is 11.2 Å². The van der Waals surface area contributed by atoms with Crippen LogP contribution >= 0.6 is 0 Å². The highest BCUT2D eigenvalue weighted by Crippen LogP contribution is 2.22. The van der Waals surface area contributed by atoms with Gasteiger partial charge in [-0.2, -0.15) is 0 Å². The van der Waals surface area contributed by atoms with E-state index >= 15 is 0 Å². The minimum absolute atomic E-state index is 0.580. The molecule has 3 aromatic rings. The SMILES string of the molecule is Cc1ccc(-c2cc(Cc3cccc(NC(N)=O)c3)on2)cc1. The van der Waals surface area contributed by atoms with E-state index in [9.17, 15) is 4.79 Å². The summed E-state index contributed by atoms with van der Waals surface area (Å²) in [4.78, 5) is 10.9. The third kappa shape index (κ3) is 3.77. The maximum Gasteiger partial charge on any atom is 0.316 e. The van der Waals surface area contributed by atoms with Crippen molar-refractivity contribution in [3.05, 3.63) is 71.5 Å². The number of amides is 2. The molecular formula is C18H17N3O2. The predicted molar refractivity (Wildman–Crippen MR) is 89.1 cm³/mol. The van der Waals surface area contributed by atoms with Crippen molar-refractivity contribution in [2.75, 3.05) is 5.32 Å². The van der Waals surface area contributed by atoms with Gasteiger partial charge >= 0.3 is 6.03 Å². The van der Waals surface area contributed by atoms with E-state index in [1.807, 2.05) is 55.5 Å². The Labute approximate surface area is 134 Å². The van der Waals surface area contributed by atoms with Gasteiger partial charge in [-0.05, 0) is 24.6 Å². The average Bonchev–Trinajstić information content (AvgIpc) is 2.96. The van der Waals surface area contributed by atoms with E-state index < -0.39 is 6.03 Å². The second kappa shape index (κ2) is 6.36. The van der Waals surface area contributed by atoms with E-state index in [0.717, 1.165) is 22.6 Å². The topological polar surface area (TPSA) is 81.1 Å². The van der Waals surface area contributed by atoms with E-state index in [2.05, 4.69) is 10.5 Å². The molecule has 0 aliphatic carbocycles. The van der Waals surface area contributed by atoms with Gasteiger partial charge in [-0.3, -0.25) is 0 Å². The molecule has 0 saturated carbocycles. The molecule has 0 bridgehead atoms. The number of nitrogens with one attached hydrogen (secondary N) is 1. The largest absolute Gasteiger partial charge is 0.360 e. The third-order valence-corrected chi connectivity index (χ3v) is 3.48. The monoisotopic (exact) mass is 307 g/mol. The summed E-state index contributed by atoms with van der Waals surface area (Å²) in [5.74, 6) is 0.761. The molecule has 3 N–H and O–H groups in total. The summed E-state index contributed by atoms with van der Waals surface area (Å²) in [5.41, 5.74) is 9.83. The summed E-state index contributed by atoms with van der Waals surface area (Å²) in [6, 6.07) is 16.9. The lowest BCUT2D eigenvalue weighted by Crippen LogP contribution is -2.19. The predicted octanol–water partition coefficient (Wildman–Crippen LogP) is 3.73. The lowest BCUT2D eigenvalue weighted by Gasteiger charge is -2.03. The summed E-state index contributed by atoms with van der Waals surface area (Å²) < 4.78 is 5.41. The Morgan fingerprint density at radius 3 is 2.70 bits per heavy atom. The van der Waals surface area contributed by atoms with Crippen LogP contribution in [0.1, 0.15) is 16.9 Å². The van der Waals surface area contributed by atoms with E-state index in [4.69, 9.17) is 10.3 Å². The Bertz CT molecular complexity index is 822.